The third kappa shape index (κ3) is 3.02. The number of pyridine rings is 1. The number of nitrogens with two attached hydrogens (primary N) is 1. The minimum absolute atomic E-state index is 0.0283. The lowest BCUT2D eigenvalue weighted by molar-refractivity contribution is 0.318. The molecule has 8 heteroatoms. The molecular weight excluding hydrogens is 398 g/mol. The van der Waals surface area contributed by atoms with Crippen LogP contribution in [0.4, 0.5) is 11.4 Å². The van der Waals surface area contributed by atoms with Crippen LogP contribution in [0.15, 0.2) is 53.7 Å². The summed E-state index contributed by atoms with van der Waals surface area (Å²) in [6.45, 7) is 2.84. The van der Waals surface area contributed by atoms with Gasteiger partial charge in [-0.3, -0.25) is 0 Å². The number of benzene rings is 1. The summed E-state index contributed by atoms with van der Waals surface area (Å²) >= 11 is 0. The van der Waals surface area contributed by atoms with Crippen LogP contribution in [-0.4, -0.2) is 50.6 Å². The van der Waals surface area contributed by atoms with Crippen LogP contribution in [0.1, 0.15) is 25.7 Å². The van der Waals surface area contributed by atoms with Crippen LogP contribution >= 0.6 is 0 Å². The number of rotatable bonds is 4. The first-order chi connectivity index (χ1) is 14.5. The Balaban J connectivity index is 1.65. The number of H-pyrrole nitrogens is 1. The number of hydrogen-bond acceptors (Lipinski definition) is 5. The van der Waals surface area contributed by atoms with E-state index in [1.165, 1.54) is 0 Å². The molecule has 4 heterocycles. The molecule has 2 aliphatic rings. The maximum Gasteiger partial charge on any atom is 0.332 e. The highest BCUT2D eigenvalue weighted by molar-refractivity contribution is 7.91. The highest BCUT2D eigenvalue weighted by Crippen LogP contribution is 2.40. The molecule has 2 aliphatic heterocycles. The number of nitrogens with one attached hydrogen (secondary N) is 1. The molecule has 0 aliphatic carbocycles. The molecule has 30 heavy (non-hydrogen) atoms. The predicted octanol–water partition coefficient (Wildman–Crippen LogP) is 2.98. The van der Waals surface area contributed by atoms with Crippen molar-refractivity contribution in [2.45, 2.75) is 36.6 Å². The van der Waals surface area contributed by atoms with E-state index in [-0.39, 0.29) is 9.93 Å². The normalized spacial score (nSPS) is 25.1. The monoisotopic (exact) mass is 426 g/mol. The molecule has 7 nitrogen and oxygen atoms in total. The Kier molecular flexibility index (Phi) is 4.80. The average molecular weight is 427 g/mol. The van der Waals surface area contributed by atoms with Gasteiger partial charge in [-0.2, -0.15) is 12.3 Å². The van der Waals surface area contributed by atoms with E-state index >= 15 is 0 Å². The zero-order valence-corrected chi connectivity index (χ0v) is 17.8. The topological polar surface area (TPSA) is 92.1 Å². The van der Waals surface area contributed by atoms with Gasteiger partial charge >= 0.3 is 10.0 Å². The van der Waals surface area contributed by atoms with Gasteiger partial charge in [0.2, 0.25) is 0 Å². The highest BCUT2D eigenvalue weighted by Gasteiger charge is 2.49. The molecule has 3 N–H and O–H groups in total. The third-order valence-electron chi connectivity index (χ3n) is 6.62. The molecule has 3 aromatic rings. The lowest BCUT2D eigenvalue weighted by Gasteiger charge is -2.40. The van der Waals surface area contributed by atoms with E-state index in [9.17, 15) is 8.42 Å². The van der Waals surface area contributed by atoms with Crippen LogP contribution < -0.4 is 14.5 Å². The van der Waals surface area contributed by atoms with E-state index in [0.29, 0.717) is 42.0 Å². The molecule has 2 saturated heterocycles. The van der Waals surface area contributed by atoms with Crippen molar-refractivity contribution in [2.75, 3.05) is 31.1 Å². The van der Waals surface area contributed by atoms with Crippen molar-refractivity contribution in [2.24, 2.45) is 5.73 Å². The molecule has 1 aromatic carbocycles. The van der Waals surface area contributed by atoms with Gasteiger partial charge < -0.3 is 15.6 Å². The number of sulfonamides is 1. The number of fused-ring (bicyclic) bond motifs is 1. The largest absolute Gasteiger partial charge is 0.371 e. The smallest absolute Gasteiger partial charge is 0.332 e. The SMILES string of the molecule is NC1CC[N+](c2c[nH]c3cccnc23)(S(=O)(=O)c2cccc(N3CCCC3)c2)CC1. The maximum absolute atomic E-state index is 14.2. The number of aromatic amines is 1. The first-order valence-electron chi connectivity index (χ1n) is 10.7. The zero-order chi connectivity index (χ0) is 20.8. The molecular formula is C22H28N5O2S+. The van der Waals surface area contributed by atoms with Gasteiger partial charge in [0.1, 0.15) is 23.5 Å². The Morgan fingerprint density at radius 3 is 2.63 bits per heavy atom. The van der Waals surface area contributed by atoms with Crippen LogP contribution in [-0.2, 0) is 10.0 Å². The fourth-order valence-electron chi connectivity index (χ4n) is 4.88. The number of nitrogens with zero attached hydrogens (tertiary/aromatic N) is 3. The number of piperidine rings is 1. The number of hydrogen-bond donors (Lipinski definition) is 2. The van der Waals surface area contributed by atoms with Crippen molar-refractivity contribution < 1.29 is 8.42 Å². The van der Waals surface area contributed by atoms with E-state index in [4.69, 9.17) is 5.73 Å². The molecule has 0 saturated carbocycles. The fraction of sp³-hybridized carbons (Fsp3) is 0.409. The Hall–Kier alpha value is -2.42. The minimum atomic E-state index is -3.72. The summed E-state index contributed by atoms with van der Waals surface area (Å²) in [6, 6.07) is 11.3. The average Bonchev–Trinajstić information content (AvgIpc) is 3.45. The summed E-state index contributed by atoms with van der Waals surface area (Å²) in [5.74, 6) is 0. The molecule has 5 rings (SSSR count). The van der Waals surface area contributed by atoms with E-state index in [2.05, 4.69) is 14.9 Å². The van der Waals surface area contributed by atoms with Crippen molar-refractivity contribution in [1.29, 1.82) is 0 Å². The van der Waals surface area contributed by atoms with Gasteiger partial charge in [0.15, 0.2) is 5.69 Å². The molecule has 2 aromatic heterocycles. The number of quaternary nitrogens is 1. The third-order valence-corrected chi connectivity index (χ3v) is 8.95. The molecule has 0 bridgehead atoms. The van der Waals surface area contributed by atoms with E-state index in [1.807, 2.05) is 36.5 Å². The second-order valence-corrected chi connectivity index (χ2v) is 10.5. The van der Waals surface area contributed by atoms with Crippen LogP contribution in [0.2, 0.25) is 0 Å². The molecule has 0 atom stereocenters. The number of anilines is 1. The lowest BCUT2D eigenvalue weighted by atomic mass is 10.1. The first-order valence-corrected chi connectivity index (χ1v) is 12.1. The fourth-order valence-corrected chi connectivity index (χ4v) is 6.90. The van der Waals surface area contributed by atoms with Crippen molar-refractivity contribution in [1.82, 2.24) is 13.9 Å². The van der Waals surface area contributed by atoms with E-state index < -0.39 is 10.0 Å². The maximum atomic E-state index is 14.2. The Morgan fingerprint density at radius 2 is 1.87 bits per heavy atom. The van der Waals surface area contributed by atoms with Crippen molar-refractivity contribution in [3.63, 3.8) is 0 Å². The van der Waals surface area contributed by atoms with Gasteiger partial charge in [-0.05, 0) is 43.2 Å². The summed E-state index contributed by atoms with van der Waals surface area (Å²) in [7, 11) is -3.72. The zero-order valence-electron chi connectivity index (χ0n) is 17.0. The summed E-state index contributed by atoms with van der Waals surface area (Å²) in [6.07, 6.45) is 7.14. The predicted molar refractivity (Wildman–Crippen MR) is 120 cm³/mol. The van der Waals surface area contributed by atoms with Crippen LogP contribution in [0.3, 0.4) is 0 Å². The molecule has 0 spiro atoms. The molecule has 0 radical (unpaired) electrons. The lowest BCUT2D eigenvalue weighted by Crippen LogP contribution is -2.59. The Morgan fingerprint density at radius 1 is 1.10 bits per heavy atom. The molecule has 0 amide bonds. The number of aromatic nitrogens is 2. The van der Waals surface area contributed by atoms with Crippen molar-refractivity contribution in [3.05, 3.63) is 48.8 Å². The van der Waals surface area contributed by atoms with E-state index in [1.54, 1.807) is 12.3 Å². The quantitative estimate of drug-likeness (QED) is 0.626. The van der Waals surface area contributed by atoms with Gasteiger partial charge in [0.25, 0.3) is 0 Å². The van der Waals surface area contributed by atoms with Gasteiger partial charge in [-0.15, -0.1) is 0 Å². The van der Waals surface area contributed by atoms with Gasteiger partial charge in [0.05, 0.1) is 11.7 Å². The van der Waals surface area contributed by atoms with Gasteiger partial charge in [-0.1, -0.05) is 6.07 Å². The summed E-state index contributed by atoms with van der Waals surface area (Å²) in [5.41, 5.74) is 9.43. The first kappa shape index (κ1) is 19.5. The minimum Gasteiger partial charge on any atom is -0.371 e. The Labute approximate surface area is 177 Å². The van der Waals surface area contributed by atoms with Crippen LogP contribution in [0.25, 0.3) is 11.0 Å². The molecule has 2 fully saturated rings. The Bertz CT molecular complexity index is 1160. The van der Waals surface area contributed by atoms with E-state index in [0.717, 1.165) is 37.1 Å². The molecule has 158 valence electrons. The van der Waals surface area contributed by atoms with Gasteiger partial charge in [-0.25, -0.2) is 4.98 Å². The second-order valence-electron chi connectivity index (χ2n) is 8.41. The summed E-state index contributed by atoms with van der Waals surface area (Å²) in [4.78, 5) is 10.4. The summed E-state index contributed by atoms with van der Waals surface area (Å²) in [5, 5.41) is 0. The van der Waals surface area contributed by atoms with Crippen LogP contribution in [0.5, 0.6) is 0 Å². The van der Waals surface area contributed by atoms with Crippen molar-refractivity contribution in [3.8, 4) is 0 Å². The standard InChI is InChI=1S/C22H28N5O2S/c23-17-8-13-27(14-9-17,21-16-25-20-7-4-10-24-22(20)21)30(28,29)19-6-3-5-18(15-19)26-11-1-2-12-26/h3-7,10,15-17,25H,1-2,8-9,11-14,23H2/q+1. The highest BCUT2D eigenvalue weighted by atomic mass is 32.2. The molecule has 0 unspecified atom stereocenters. The van der Waals surface area contributed by atoms with Gasteiger partial charge in [0, 0.05) is 43.9 Å². The van der Waals surface area contributed by atoms with Crippen LogP contribution in [0, 0.1) is 0 Å². The summed E-state index contributed by atoms with van der Waals surface area (Å²) < 4.78 is 28.3. The van der Waals surface area contributed by atoms with Crippen molar-refractivity contribution >= 4 is 32.4 Å². The second kappa shape index (κ2) is 7.37.